The van der Waals surface area contributed by atoms with Crippen molar-refractivity contribution in [3.8, 4) is 6.07 Å². The molecule has 0 saturated carbocycles. The third-order valence-electron chi connectivity index (χ3n) is 2.00. The molecule has 1 unspecified atom stereocenters. The Balaban J connectivity index is 2.15. The summed E-state index contributed by atoms with van der Waals surface area (Å²) in [6, 6.07) is 9.10. The van der Waals surface area contributed by atoms with Crippen LogP contribution in [0.4, 0.5) is 5.69 Å². The van der Waals surface area contributed by atoms with Gasteiger partial charge in [0.1, 0.15) is 6.07 Å². The molecule has 1 N–H and O–H groups in total. The number of esters is 1. The lowest BCUT2D eigenvalue weighted by Crippen LogP contribution is -2.18. The number of cyclic esters (lactones) is 1. The standard InChI is InChI=1S/C11H8N2O2/c12-7-8-3-1-2-4-9(8)13-10-5-6-11(14)15-10/h1-6,10,13H. The molecule has 1 aromatic rings. The molecular weight excluding hydrogens is 192 g/mol. The van der Waals surface area contributed by atoms with Gasteiger partial charge in [-0.1, -0.05) is 12.1 Å². The fraction of sp³-hybridized carbons (Fsp3) is 0.0909. The van der Waals surface area contributed by atoms with Gasteiger partial charge >= 0.3 is 5.97 Å². The average Bonchev–Trinajstić information content (AvgIpc) is 2.65. The zero-order valence-corrected chi connectivity index (χ0v) is 7.81. The molecule has 1 atom stereocenters. The molecule has 0 aliphatic carbocycles. The van der Waals surface area contributed by atoms with Gasteiger partial charge in [-0.25, -0.2) is 4.79 Å². The van der Waals surface area contributed by atoms with Crippen molar-refractivity contribution < 1.29 is 9.53 Å². The molecule has 0 radical (unpaired) electrons. The van der Waals surface area contributed by atoms with Crippen LogP contribution >= 0.6 is 0 Å². The van der Waals surface area contributed by atoms with Crippen LogP contribution in [0.15, 0.2) is 36.4 Å². The Kier molecular flexibility index (Phi) is 2.38. The lowest BCUT2D eigenvalue weighted by molar-refractivity contribution is -0.137. The van der Waals surface area contributed by atoms with Gasteiger partial charge in [0.25, 0.3) is 0 Å². The highest BCUT2D eigenvalue weighted by atomic mass is 16.6. The second-order valence-electron chi connectivity index (χ2n) is 3.02. The lowest BCUT2D eigenvalue weighted by atomic mass is 10.2. The predicted octanol–water partition coefficient (Wildman–Crippen LogP) is 1.41. The third kappa shape index (κ3) is 1.97. The van der Waals surface area contributed by atoms with E-state index in [0.29, 0.717) is 11.3 Å². The van der Waals surface area contributed by atoms with E-state index < -0.39 is 6.23 Å². The number of nitriles is 1. The highest BCUT2D eigenvalue weighted by molar-refractivity contribution is 5.84. The number of ether oxygens (including phenoxy) is 1. The predicted molar refractivity (Wildman–Crippen MR) is 53.8 cm³/mol. The summed E-state index contributed by atoms with van der Waals surface area (Å²) in [4.78, 5) is 10.8. The molecule has 0 spiro atoms. The zero-order chi connectivity index (χ0) is 10.7. The summed E-state index contributed by atoms with van der Waals surface area (Å²) in [5.74, 6) is -0.373. The summed E-state index contributed by atoms with van der Waals surface area (Å²) in [6.07, 6.45) is 2.48. The van der Waals surface area contributed by atoms with Crippen molar-refractivity contribution in [2.45, 2.75) is 6.23 Å². The number of benzene rings is 1. The van der Waals surface area contributed by atoms with Gasteiger partial charge in [-0.15, -0.1) is 0 Å². The van der Waals surface area contributed by atoms with Gasteiger partial charge in [0, 0.05) is 6.08 Å². The number of nitrogens with one attached hydrogen (secondary N) is 1. The van der Waals surface area contributed by atoms with Crippen LogP contribution in [0.2, 0.25) is 0 Å². The van der Waals surface area contributed by atoms with Gasteiger partial charge in [-0.2, -0.15) is 5.26 Å². The van der Waals surface area contributed by atoms with Crippen LogP contribution in [0.3, 0.4) is 0 Å². The maximum Gasteiger partial charge on any atom is 0.332 e. The fourth-order valence-corrected chi connectivity index (χ4v) is 1.31. The minimum absolute atomic E-state index is 0.373. The fourth-order valence-electron chi connectivity index (χ4n) is 1.31. The summed E-state index contributed by atoms with van der Waals surface area (Å²) >= 11 is 0. The minimum Gasteiger partial charge on any atom is -0.435 e. The molecule has 4 heteroatoms. The summed E-state index contributed by atoms with van der Waals surface area (Å²) in [6.45, 7) is 0. The third-order valence-corrected chi connectivity index (χ3v) is 2.00. The van der Waals surface area contributed by atoms with E-state index >= 15 is 0 Å². The van der Waals surface area contributed by atoms with E-state index in [2.05, 4.69) is 11.4 Å². The minimum atomic E-state index is -0.480. The molecule has 4 nitrogen and oxygen atoms in total. The van der Waals surface area contributed by atoms with Crippen molar-refractivity contribution in [1.82, 2.24) is 0 Å². The van der Waals surface area contributed by atoms with Gasteiger partial charge in [-0.05, 0) is 18.2 Å². The van der Waals surface area contributed by atoms with Crippen molar-refractivity contribution in [3.63, 3.8) is 0 Å². The average molecular weight is 200 g/mol. The van der Waals surface area contributed by atoms with Crippen LogP contribution < -0.4 is 5.32 Å². The van der Waals surface area contributed by atoms with Gasteiger partial charge in [0.15, 0.2) is 6.23 Å². The highest BCUT2D eigenvalue weighted by Crippen LogP contribution is 2.17. The van der Waals surface area contributed by atoms with E-state index in [0.717, 1.165) is 0 Å². The molecule has 2 rings (SSSR count). The number of hydrogen-bond acceptors (Lipinski definition) is 4. The first-order valence-electron chi connectivity index (χ1n) is 4.44. The molecule has 15 heavy (non-hydrogen) atoms. The SMILES string of the molecule is N#Cc1ccccc1NC1C=CC(=O)O1. The first kappa shape index (κ1) is 9.28. The van der Waals surface area contributed by atoms with Gasteiger partial charge in [0.05, 0.1) is 11.3 Å². The summed E-state index contributed by atoms with van der Waals surface area (Å²) in [5.41, 5.74) is 1.18. The monoisotopic (exact) mass is 200 g/mol. The van der Waals surface area contributed by atoms with Crippen LogP contribution in [0.25, 0.3) is 0 Å². The van der Waals surface area contributed by atoms with Crippen LogP contribution in [0.1, 0.15) is 5.56 Å². The number of anilines is 1. The number of carbonyl (C=O) groups is 1. The second-order valence-corrected chi connectivity index (χ2v) is 3.02. The number of hydrogen-bond donors (Lipinski definition) is 1. The van der Waals surface area contributed by atoms with E-state index in [-0.39, 0.29) is 5.97 Å². The topological polar surface area (TPSA) is 62.1 Å². The lowest BCUT2D eigenvalue weighted by Gasteiger charge is -2.12. The smallest absolute Gasteiger partial charge is 0.332 e. The summed E-state index contributed by atoms with van der Waals surface area (Å²) in [7, 11) is 0. The van der Waals surface area contributed by atoms with Crippen molar-refractivity contribution in [1.29, 1.82) is 5.26 Å². The first-order chi connectivity index (χ1) is 7.29. The van der Waals surface area contributed by atoms with E-state index in [4.69, 9.17) is 10.00 Å². The van der Waals surface area contributed by atoms with Crippen LogP contribution in [0.5, 0.6) is 0 Å². The van der Waals surface area contributed by atoms with Gasteiger partial charge in [0.2, 0.25) is 0 Å². The molecule has 0 saturated heterocycles. The Morgan fingerprint density at radius 1 is 1.40 bits per heavy atom. The van der Waals surface area contributed by atoms with Gasteiger partial charge in [-0.3, -0.25) is 0 Å². The van der Waals surface area contributed by atoms with E-state index in [9.17, 15) is 4.79 Å². The molecule has 74 valence electrons. The maximum atomic E-state index is 10.8. The Hall–Kier alpha value is -2.28. The molecule has 1 aliphatic heterocycles. The second kappa shape index (κ2) is 3.84. The number of rotatable bonds is 2. The van der Waals surface area contributed by atoms with E-state index in [1.54, 1.807) is 24.3 Å². The Morgan fingerprint density at radius 2 is 2.20 bits per heavy atom. The molecule has 0 fully saturated rings. The molecule has 1 aromatic carbocycles. The molecule has 0 amide bonds. The van der Waals surface area contributed by atoms with Crippen LogP contribution in [-0.2, 0) is 9.53 Å². The quantitative estimate of drug-likeness (QED) is 0.733. The Morgan fingerprint density at radius 3 is 2.87 bits per heavy atom. The van der Waals surface area contributed by atoms with Crippen molar-refractivity contribution >= 4 is 11.7 Å². The molecule has 1 aliphatic rings. The highest BCUT2D eigenvalue weighted by Gasteiger charge is 2.16. The number of nitrogens with zero attached hydrogens (tertiary/aromatic N) is 1. The summed E-state index contributed by atoms with van der Waals surface area (Å²) in [5, 5.41) is 11.8. The van der Waals surface area contributed by atoms with Crippen LogP contribution in [-0.4, -0.2) is 12.2 Å². The maximum absolute atomic E-state index is 10.8. The number of carbonyl (C=O) groups excluding carboxylic acids is 1. The van der Waals surface area contributed by atoms with Crippen molar-refractivity contribution in [2.24, 2.45) is 0 Å². The molecule has 0 bridgehead atoms. The summed E-state index contributed by atoms with van der Waals surface area (Å²) < 4.78 is 4.89. The zero-order valence-electron chi connectivity index (χ0n) is 7.81. The normalized spacial score (nSPS) is 18.3. The first-order valence-corrected chi connectivity index (χ1v) is 4.44. The number of para-hydroxylation sites is 1. The Bertz CT molecular complexity index is 460. The van der Waals surface area contributed by atoms with Gasteiger partial charge < -0.3 is 10.1 Å². The Labute approximate surface area is 86.8 Å². The van der Waals surface area contributed by atoms with E-state index in [1.165, 1.54) is 6.08 Å². The molecule has 0 aromatic heterocycles. The van der Waals surface area contributed by atoms with Crippen LogP contribution in [0, 0.1) is 11.3 Å². The van der Waals surface area contributed by atoms with Crippen molar-refractivity contribution in [2.75, 3.05) is 5.32 Å². The molecule has 1 heterocycles. The largest absolute Gasteiger partial charge is 0.435 e. The van der Waals surface area contributed by atoms with Crippen molar-refractivity contribution in [3.05, 3.63) is 42.0 Å². The molecular formula is C11H8N2O2. The van der Waals surface area contributed by atoms with E-state index in [1.807, 2.05) is 6.07 Å².